The summed E-state index contributed by atoms with van der Waals surface area (Å²) in [4.78, 5) is 10.6. The first kappa shape index (κ1) is 9.43. The van der Waals surface area contributed by atoms with Crippen molar-refractivity contribution in [2.45, 2.75) is 39.4 Å². The molecule has 0 heterocycles. The third-order valence-electron chi connectivity index (χ3n) is 1.05. The monoisotopic (exact) mass is 145 g/mol. The van der Waals surface area contributed by atoms with Gasteiger partial charge in [-0.3, -0.25) is 4.79 Å². The molecule has 10 heavy (non-hydrogen) atoms. The lowest BCUT2D eigenvalue weighted by atomic mass is 10.3. The Kier molecular flexibility index (Phi) is 4.94. The Morgan fingerprint density at radius 3 is 2.50 bits per heavy atom. The van der Waals surface area contributed by atoms with E-state index in [0.717, 1.165) is 6.42 Å². The molecule has 0 aromatic rings. The molecule has 0 bridgehead atoms. The minimum Gasteiger partial charge on any atom is -0.433 e. The molecule has 0 aliphatic heterocycles. The van der Waals surface area contributed by atoms with Gasteiger partial charge < -0.3 is 4.74 Å². The maximum Gasteiger partial charge on any atom is 0.308 e. The van der Waals surface area contributed by atoms with Gasteiger partial charge in [0.1, 0.15) is 0 Å². The molecule has 0 aliphatic rings. The molecule has 1 unspecified atom stereocenters. The zero-order valence-corrected chi connectivity index (χ0v) is 6.42. The third kappa shape index (κ3) is 4.32. The smallest absolute Gasteiger partial charge is 0.308 e. The summed E-state index contributed by atoms with van der Waals surface area (Å²) < 4.78 is 4.45. The second-order valence-corrected chi connectivity index (χ2v) is 2.08. The van der Waals surface area contributed by atoms with Gasteiger partial charge in [0.25, 0.3) is 0 Å². The normalized spacial score (nSPS) is 12.7. The Balaban J connectivity index is 3.37. The average molecular weight is 145 g/mol. The lowest BCUT2D eigenvalue weighted by Gasteiger charge is -2.05. The van der Waals surface area contributed by atoms with Crippen LogP contribution in [-0.4, -0.2) is 12.3 Å². The van der Waals surface area contributed by atoms with Gasteiger partial charge >= 0.3 is 5.97 Å². The Bertz CT molecular complexity index is 101. The number of ether oxygens (including phenoxy) is 1. The molecule has 0 fully saturated rings. The lowest BCUT2D eigenvalue weighted by Crippen LogP contribution is -2.14. The lowest BCUT2D eigenvalue weighted by molar-refractivity contribution is -0.179. The topological polar surface area (TPSA) is 46.2 Å². The molecule has 0 aromatic carbocycles. The van der Waals surface area contributed by atoms with Crippen LogP contribution in [0.3, 0.4) is 0 Å². The molecule has 0 saturated carbocycles. The van der Waals surface area contributed by atoms with E-state index in [-0.39, 0.29) is 5.97 Å². The minimum atomic E-state index is -1.17. The molecule has 59 valence electrons. The molecule has 3 nitrogen and oxygen atoms in total. The Morgan fingerprint density at radius 2 is 2.10 bits per heavy atom. The Hall–Kier alpha value is -0.570. The van der Waals surface area contributed by atoms with E-state index < -0.39 is 6.29 Å². The molecular formula is C7H13O3. The van der Waals surface area contributed by atoms with Gasteiger partial charge in [0, 0.05) is 12.8 Å². The van der Waals surface area contributed by atoms with Crippen molar-refractivity contribution in [2.75, 3.05) is 0 Å². The van der Waals surface area contributed by atoms with E-state index in [1.165, 1.54) is 0 Å². The van der Waals surface area contributed by atoms with Crippen molar-refractivity contribution in [3.63, 3.8) is 0 Å². The van der Waals surface area contributed by atoms with Gasteiger partial charge in [-0.15, -0.1) is 0 Å². The van der Waals surface area contributed by atoms with Gasteiger partial charge in [-0.05, 0) is 6.42 Å². The molecule has 0 aliphatic carbocycles. The number of carbonyl (C=O) groups excluding carboxylic acids is 1. The average Bonchev–Trinajstić information content (AvgIpc) is 1.88. The fourth-order valence-corrected chi connectivity index (χ4v) is 0.493. The van der Waals surface area contributed by atoms with E-state index >= 15 is 0 Å². The van der Waals surface area contributed by atoms with Gasteiger partial charge in [0.2, 0.25) is 6.29 Å². The molecule has 1 radical (unpaired) electrons. The van der Waals surface area contributed by atoms with Crippen molar-refractivity contribution in [2.24, 2.45) is 0 Å². The Morgan fingerprint density at radius 1 is 1.50 bits per heavy atom. The summed E-state index contributed by atoms with van der Waals surface area (Å²) >= 11 is 0. The minimum absolute atomic E-state index is 0.343. The highest BCUT2D eigenvalue weighted by Gasteiger charge is 2.07. The maximum absolute atomic E-state index is 10.6. The highest BCUT2D eigenvalue weighted by atomic mass is 16.6. The van der Waals surface area contributed by atoms with E-state index in [9.17, 15) is 9.90 Å². The van der Waals surface area contributed by atoms with Crippen LogP contribution in [0.1, 0.15) is 33.1 Å². The van der Waals surface area contributed by atoms with Crippen molar-refractivity contribution in [1.82, 2.24) is 0 Å². The molecule has 0 aromatic heterocycles. The maximum atomic E-state index is 10.6. The second kappa shape index (κ2) is 5.23. The quantitative estimate of drug-likeness (QED) is 0.444. The van der Waals surface area contributed by atoms with Crippen LogP contribution in [0.2, 0.25) is 0 Å². The summed E-state index contributed by atoms with van der Waals surface area (Å²) in [7, 11) is 0. The molecule has 0 amide bonds. The zero-order chi connectivity index (χ0) is 7.98. The van der Waals surface area contributed by atoms with Crippen LogP contribution < -0.4 is 0 Å². The van der Waals surface area contributed by atoms with Gasteiger partial charge in [-0.2, -0.15) is 5.11 Å². The predicted octanol–water partition coefficient (Wildman–Crippen LogP) is 1.50. The summed E-state index contributed by atoms with van der Waals surface area (Å²) in [6, 6.07) is 0. The molecule has 0 N–H and O–H groups in total. The van der Waals surface area contributed by atoms with Crippen molar-refractivity contribution < 1.29 is 14.6 Å². The van der Waals surface area contributed by atoms with Crippen LogP contribution in [-0.2, 0) is 14.6 Å². The predicted molar refractivity (Wildman–Crippen MR) is 35.8 cm³/mol. The largest absolute Gasteiger partial charge is 0.433 e. The van der Waals surface area contributed by atoms with Crippen LogP contribution in [0, 0.1) is 0 Å². The van der Waals surface area contributed by atoms with Crippen molar-refractivity contribution in [3.8, 4) is 0 Å². The summed E-state index contributed by atoms with van der Waals surface area (Å²) in [5.74, 6) is -0.385. The van der Waals surface area contributed by atoms with Gasteiger partial charge in [0.05, 0.1) is 0 Å². The highest BCUT2D eigenvalue weighted by molar-refractivity contribution is 5.69. The standard InChI is InChI=1S/C7H13O3/c1-3-5-7(9)10-6(8)4-2/h6H,3-5H2,1-2H3. The number of esters is 1. The molecule has 0 spiro atoms. The van der Waals surface area contributed by atoms with Crippen LogP contribution in [0.4, 0.5) is 0 Å². The zero-order valence-electron chi connectivity index (χ0n) is 6.42. The molecule has 3 heteroatoms. The van der Waals surface area contributed by atoms with Gasteiger partial charge in [-0.25, -0.2) is 0 Å². The van der Waals surface area contributed by atoms with Gasteiger partial charge in [-0.1, -0.05) is 13.8 Å². The first-order valence-corrected chi connectivity index (χ1v) is 3.56. The summed E-state index contributed by atoms with van der Waals surface area (Å²) in [5, 5.41) is 10.5. The summed E-state index contributed by atoms with van der Waals surface area (Å²) in [6.07, 6.45) is 0.253. The molecular weight excluding hydrogens is 132 g/mol. The summed E-state index contributed by atoms with van der Waals surface area (Å²) in [6.45, 7) is 3.56. The van der Waals surface area contributed by atoms with E-state index in [0.29, 0.717) is 12.8 Å². The number of hydrogen-bond acceptors (Lipinski definition) is 2. The highest BCUT2D eigenvalue weighted by Crippen LogP contribution is 1.98. The van der Waals surface area contributed by atoms with Gasteiger partial charge in [0.15, 0.2) is 0 Å². The fraction of sp³-hybridized carbons (Fsp3) is 0.857. The van der Waals surface area contributed by atoms with E-state index in [4.69, 9.17) is 0 Å². The summed E-state index contributed by atoms with van der Waals surface area (Å²) in [5.41, 5.74) is 0. The second-order valence-electron chi connectivity index (χ2n) is 2.08. The van der Waals surface area contributed by atoms with Crippen molar-refractivity contribution >= 4 is 5.97 Å². The van der Waals surface area contributed by atoms with E-state index in [1.54, 1.807) is 6.92 Å². The molecule has 0 rings (SSSR count). The first-order chi connectivity index (χ1) is 4.70. The van der Waals surface area contributed by atoms with Crippen LogP contribution in [0.15, 0.2) is 0 Å². The molecule has 0 saturated heterocycles. The van der Waals surface area contributed by atoms with Crippen LogP contribution in [0.5, 0.6) is 0 Å². The fourth-order valence-electron chi connectivity index (χ4n) is 0.493. The van der Waals surface area contributed by atoms with Crippen molar-refractivity contribution in [1.29, 1.82) is 0 Å². The third-order valence-corrected chi connectivity index (χ3v) is 1.05. The van der Waals surface area contributed by atoms with Crippen LogP contribution in [0.25, 0.3) is 0 Å². The SMILES string of the molecule is CCCC(=O)OC([O])CC. The number of hydrogen-bond donors (Lipinski definition) is 0. The van der Waals surface area contributed by atoms with Crippen LogP contribution >= 0.6 is 0 Å². The van der Waals surface area contributed by atoms with E-state index in [1.807, 2.05) is 6.92 Å². The first-order valence-electron chi connectivity index (χ1n) is 3.56. The number of rotatable bonds is 4. The van der Waals surface area contributed by atoms with E-state index in [2.05, 4.69) is 4.74 Å². The number of carbonyl (C=O) groups is 1. The van der Waals surface area contributed by atoms with Crippen molar-refractivity contribution in [3.05, 3.63) is 0 Å². The molecule has 1 atom stereocenters. The Labute approximate surface area is 61.0 Å².